The molecular formula is C19H17BrN2O2. The number of hydrogen-bond donors (Lipinski definition) is 0. The number of alkyl halides is 1. The summed E-state index contributed by atoms with van der Waals surface area (Å²) >= 11 is 3.45. The molecule has 4 nitrogen and oxygen atoms in total. The molecule has 0 unspecified atom stereocenters. The Morgan fingerprint density at radius 2 is 1.17 bits per heavy atom. The maximum Gasteiger partial charge on any atom is 0.140 e. The number of aromatic nitrogens is 2. The first-order chi connectivity index (χ1) is 11.7. The van der Waals surface area contributed by atoms with Crippen molar-refractivity contribution in [2.75, 3.05) is 14.2 Å². The van der Waals surface area contributed by atoms with Gasteiger partial charge < -0.3 is 9.47 Å². The molecule has 0 saturated carbocycles. The van der Waals surface area contributed by atoms with Crippen LogP contribution in [0, 0.1) is 0 Å². The van der Waals surface area contributed by atoms with E-state index < -0.39 is 0 Å². The number of methoxy groups -OCH3 is 2. The van der Waals surface area contributed by atoms with Crippen LogP contribution in [0.2, 0.25) is 0 Å². The molecular weight excluding hydrogens is 368 g/mol. The Kier molecular flexibility index (Phi) is 5.11. The lowest BCUT2D eigenvalue weighted by molar-refractivity contribution is 0.415. The smallest absolute Gasteiger partial charge is 0.140 e. The molecule has 24 heavy (non-hydrogen) atoms. The summed E-state index contributed by atoms with van der Waals surface area (Å²) in [5, 5.41) is 0.597. The molecule has 2 aromatic carbocycles. The van der Waals surface area contributed by atoms with Crippen LogP contribution in [0.3, 0.4) is 0 Å². The summed E-state index contributed by atoms with van der Waals surface area (Å²) in [5.74, 6) is 2.39. The van der Waals surface area contributed by atoms with Gasteiger partial charge in [0.05, 0.1) is 30.9 Å². The van der Waals surface area contributed by atoms with E-state index in [9.17, 15) is 0 Å². The lowest BCUT2D eigenvalue weighted by Gasteiger charge is -2.09. The molecule has 0 atom stereocenters. The maximum atomic E-state index is 5.21. The largest absolute Gasteiger partial charge is 0.497 e. The molecule has 0 saturated heterocycles. The topological polar surface area (TPSA) is 44.2 Å². The van der Waals surface area contributed by atoms with Crippen LogP contribution in [0.1, 0.15) is 5.82 Å². The number of hydrogen-bond acceptors (Lipinski definition) is 4. The van der Waals surface area contributed by atoms with Gasteiger partial charge in [0.2, 0.25) is 0 Å². The van der Waals surface area contributed by atoms with Crippen molar-refractivity contribution in [3.05, 3.63) is 60.4 Å². The van der Waals surface area contributed by atoms with Crippen LogP contribution < -0.4 is 9.47 Å². The Morgan fingerprint density at radius 3 is 1.50 bits per heavy atom. The minimum absolute atomic E-state index is 0.597. The third-order valence-electron chi connectivity index (χ3n) is 3.66. The first-order valence-electron chi connectivity index (χ1n) is 7.46. The fraction of sp³-hybridized carbons (Fsp3) is 0.158. The summed E-state index contributed by atoms with van der Waals surface area (Å²) in [7, 11) is 3.31. The van der Waals surface area contributed by atoms with Crippen molar-refractivity contribution in [3.63, 3.8) is 0 Å². The highest BCUT2D eigenvalue weighted by Gasteiger charge is 2.08. The molecule has 0 bridgehead atoms. The minimum Gasteiger partial charge on any atom is -0.497 e. The van der Waals surface area contributed by atoms with Crippen molar-refractivity contribution in [1.29, 1.82) is 0 Å². The predicted molar refractivity (Wildman–Crippen MR) is 98.6 cm³/mol. The van der Waals surface area contributed by atoms with E-state index in [1.807, 2.05) is 54.6 Å². The molecule has 0 fully saturated rings. The van der Waals surface area contributed by atoms with Crippen LogP contribution in [0.4, 0.5) is 0 Å². The second-order valence-corrected chi connectivity index (χ2v) is 5.71. The fourth-order valence-electron chi connectivity index (χ4n) is 2.38. The molecule has 0 spiro atoms. The van der Waals surface area contributed by atoms with E-state index in [2.05, 4.69) is 25.9 Å². The van der Waals surface area contributed by atoms with Gasteiger partial charge in [0, 0.05) is 11.1 Å². The average Bonchev–Trinajstić information content (AvgIpc) is 2.67. The zero-order chi connectivity index (χ0) is 16.9. The number of benzene rings is 2. The molecule has 122 valence electrons. The molecule has 0 aliphatic rings. The second kappa shape index (κ2) is 7.45. The maximum absolute atomic E-state index is 5.21. The number of halogens is 1. The number of ether oxygens (including phenoxy) is 2. The first-order valence-corrected chi connectivity index (χ1v) is 8.58. The van der Waals surface area contributed by atoms with Gasteiger partial charge in [-0.2, -0.15) is 0 Å². The Hall–Kier alpha value is -2.40. The monoisotopic (exact) mass is 384 g/mol. The number of rotatable bonds is 5. The van der Waals surface area contributed by atoms with Crippen LogP contribution in [0.25, 0.3) is 22.5 Å². The Morgan fingerprint density at radius 1 is 0.750 bits per heavy atom. The van der Waals surface area contributed by atoms with Crippen molar-refractivity contribution >= 4 is 15.9 Å². The molecule has 0 N–H and O–H groups in total. The van der Waals surface area contributed by atoms with Gasteiger partial charge in [-0.15, -0.1) is 0 Å². The third kappa shape index (κ3) is 3.57. The lowest BCUT2D eigenvalue weighted by atomic mass is 10.1. The Balaban J connectivity index is 2.03. The van der Waals surface area contributed by atoms with Crippen molar-refractivity contribution < 1.29 is 9.47 Å². The van der Waals surface area contributed by atoms with Gasteiger partial charge >= 0.3 is 0 Å². The van der Waals surface area contributed by atoms with Crippen LogP contribution >= 0.6 is 15.9 Å². The average molecular weight is 385 g/mol. The molecule has 1 aromatic heterocycles. The fourth-order valence-corrected chi connectivity index (χ4v) is 2.63. The molecule has 5 heteroatoms. The van der Waals surface area contributed by atoms with E-state index in [4.69, 9.17) is 9.47 Å². The molecule has 0 aliphatic carbocycles. The van der Waals surface area contributed by atoms with Crippen molar-refractivity contribution in [2.45, 2.75) is 5.33 Å². The van der Waals surface area contributed by atoms with E-state index in [-0.39, 0.29) is 0 Å². The summed E-state index contributed by atoms with van der Waals surface area (Å²) in [4.78, 5) is 9.23. The van der Waals surface area contributed by atoms with Gasteiger partial charge in [0.15, 0.2) is 0 Å². The van der Waals surface area contributed by atoms with Gasteiger partial charge in [-0.3, -0.25) is 0 Å². The highest BCUT2D eigenvalue weighted by Crippen LogP contribution is 2.27. The standard InChI is InChI=1S/C19H17BrN2O2/c1-23-15-7-3-13(4-8-15)17-11-18(22-19(12-20)21-17)14-5-9-16(24-2)10-6-14/h3-11H,12H2,1-2H3. The van der Waals surface area contributed by atoms with Crippen molar-refractivity contribution in [1.82, 2.24) is 9.97 Å². The van der Waals surface area contributed by atoms with E-state index >= 15 is 0 Å². The second-order valence-electron chi connectivity index (χ2n) is 5.15. The third-order valence-corrected chi connectivity index (χ3v) is 4.17. The molecule has 0 radical (unpaired) electrons. The minimum atomic E-state index is 0.597. The Bertz CT molecular complexity index is 752. The van der Waals surface area contributed by atoms with Gasteiger partial charge in [-0.1, -0.05) is 15.9 Å². The van der Waals surface area contributed by atoms with Crippen molar-refractivity contribution in [3.8, 4) is 34.0 Å². The quantitative estimate of drug-likeness (QED) is 0.596. The molecule has 0 amide bonds. The summed E-state index contributed by atoms with van der Waals surface area (Å²) in [6.07, 6.45) is 0. The molecule has 3 rings (SSSR count). The summed E-state index contributed by atoms with van der Waals surface area (Å²) in [6.45, 7) is 0. The zero-order valence-corrected chi connectivity index (χ0v) is 15.1. The van der Waals surface area contributed by atoms with E-state index in [0.717, 1.165) is 39.8 Å². The van der Waals surface area contributed by atoms with Crippen molar-refractivity contribution in [2.24, 2.45) is 0 Å². The molecule has 3 aromatic rings. The van der Waals surface area contributed by atoms with Gasteiger partial charge in [-0.25, -0.2) is 9.97 Å². The van der Waals surface area contributed by atoms with Crippen LogP contribution in [0.15, 0.2) is 54.6 Å². The van der Waals surface area contributed by atoms with Crippen LogP contribution in [-0.2, 0) is 5.33 Å². The van der Waals surface area contributed by atoms with Crippen LogP contribution in [0.5, 0.6) is 11.5 Å². The molecule has 1 heterocycles. The Labute approximate surface area is 149 Å². The highest BCUT2D eigenvalue weighted by atomic mass is 79.9. The van der Waals surface area contributed by atoms with E-state index in [1.54, 1.807) is 14.2 Å². The van der Waals surface area contributed by atoms with E-state index in [1.165, 1.54) is 0 Å². The zero-order valence-electron chi connectivity index (χ0n) is 13.5. The van der Waals surface area contributed by atoms with Crippen LogP contribution in [-0.4, -0.2) is 24.2 Å². The predicted octanol–water partition coefficient (Wildman–Crippen LogP) is 4.72. The normalized spacial score (nSPS) is 10.5. The van der Waals surface area contributed by atoms with Gasteiger partial charge in [0.1, 0.15) is 17.3 Å². The summed E-state index contributed by atoms with van der Waals surface area (Å²) < 4.78 is 10.4. The molecule has 0 aliphatic heterocycles. The first kappa shape index (κ1) is 16.5. The SMILES string of the molecule is COc1ccc(-c2cc(-c3ccc(OC)cc3)nc(CBr)n2)cc1. The number of nitrogens with zero attached hydrogens (tertiary/aromatic N) is 2. The summed E-state index contributed by atoms with van der Waals surface area (Å²) in [5.41, 5.74) is 3.81. The van der Waals surface area contributed by atoms with Gasteiger partial charge in [0.25, 0.3) is 0 Å². The highest BCUT2D eigenvalue weighted by molar-refractivity contribution is 9.08. The van der Waals surface area contributed by atoms with Gasteiger partial charge in [-0.05, 0) is 54.6 Å². The summed E-state index contributed by atoms with van der Waals surface area (Å²) in [6, 6.07) is 17.7. The lowest BCUT2D eigenvalue weighted by Crippen LogP contribution is -1.97. The van der Waals surface area contributed by atoms with E-state index in [0.29, 0.717) is 5.33 Å².